The largest absolute Gasteiger partial charge is 0.493 e. The lowest BCUT2D eigenvalue weighted by Crippen LogP contribution is -2.49. The van der Waals surface area contributed by atoms with Crippen LogP contribution in [-0.2, 0) is 0 Å². The van der Waals surface area contributed by atoms with Crippen LogP contribution in [0.2, 0.25) is 0 Å². The fourth-order valence-corrected chi connectivity index (χ4v) is 3.66. The summed E-state index contributed by atoms with van der Waals surface area (Å²) >= 11 is 0. The van der Waals surface area contributed by atoms with E-state index < -0.39 is 0 Å². The Morgan fingerprint density at radius 3 is 2.44 bits per heavy atom. The van der Waals surface area contributed by atoms with Gasteiger partial charge in [0.05, 0.1) is 19.8 Å². The highest BCUT2D eigenvalue weighted by Crippen LogP contribution is 2.32. The van der Waals surface area contributed by atoms with E-state index in [2.05, 4.69) is 20.0 Å². The fourth-order valence-electron chi connectivity index (χ4n) is 3.66. The molecule has 0 saturated carbocycles. The summed E-state index contributed by atoms with van der Waals surface area (Å²) in [5.74, 6) is 3.12. The number of rotatable bonds is 6. The molecule has 1 aromatic carbocycles. The van der Waals surface area contributed by atoms with Gasteiger partial charge in [-0.05, 0) is 24.3 Å². The standard InChI is InChI=1S/C23H27N5O4/c1-15(2)22-25-21(26-32-22)16-8-9-19(24-14-16)27-10-12-28(13-11-27)23(29)17-6-5-7-18(30-3)20(17)31-4/h5-9,14-15H,10-13H2,1-4H3. The predicted molar refractivity (Wildman–Crippen MR) is 119 cm³/mol. The van der Waals surface area contributed by atoms with Crippen molar-refractivity contribution in [2.45, 2.75) is 19.8 Å². The molecule has 1 aliphatic heterocycles. The first-order chi connectivity index (χ1) is 15.5. The molecule has 1 fully saturated rings. The van der Waals surface area contributed by atoms with Crippen LogP contribution in [0, 0.1) is 0 Å². The van der Waals surface area contributed by atoms with E-state index in [4.69, 9.17) is 14.0 Å². The number of carbonyl (C=O) groups is 1. The minimum absolute atomic E-state index is 0.0678. The number of pyridine rings is 1. The van der Waals surface area contributed by atoms with Crippen molar-refractivity contribution in [3.63, 3.8) is 0 Å². The Hall–Kier alpha value is -3.62. The predicted octanol–water partition coefficient (Wildman–Crippen LogP) is 3.23. The number of nitrogens with zero attached hydrogens (tertiary/aromatic N) is 5. The number of aromatic nitrogens is 3. The van der Waals surface area contributed by atoms with Crippen LogP contribution in [0.15, 0.2) is 41.1 Å². The second kappa shape index (κ2) is 9.25. The molecule has 0 atom stereocenters. The zero-order valence-electron chi connectivity index (χ0n) is 18.7. The van der Waals surface area contributed by atoms with Crippen molar-refractivity contribution in [1.82, 2.24) is 20.0 Å². The highest BCUT2D eigenvalue weighted by molar-refractivity contribution is 5.98. The maximum Gasteiger partial charge on any atom is 0.257 e. The molecular weight excluding hydrogens is 410 g/mol. The van der Waals surface area contributed by atoms with Gasteiger partial charge in [0.2, 0.25) is 11.7 Å². The number of methoxy groups -OCH3 is 2. The van der Waals surface area contributed by atoms with Crippen molar-refractivity contribution < 1.29 is 18.8 Å². The van der Waals surface area contributed by atoms with Gasteiger partial charge >= 0.3 is 0 Å². The van der Waals surface area contributed by atoms with E-state index in [1.165, 1.54) is 0 Å². The number of para-hydroxylation sites is 1. The van der Waals surface area contributed by atoms with Crippen molar-refractivity contribution >= 4 is 11.7 Å². The Morgan fingerprint density at radius 2 is 1.84 bits per heavy atom. The van der Waals surface area contributed by atoms with Crippen molar-refractivity contribution in [2.75, 3.05) is 45.3 Å². The third kappa shape index (κ3) is 4.23. The number of anilines is 1. The second-order valence-electron chi connectivity index (χ2n) is 7.84. The molecule has 32 heavy (non-hydrogen) atoms. The van der Waals surface area contributed by atoms with E-state index in [0.29, 0.717) is 55.0 Å². The molecule has 0 unspecified atom stereocenters. The average molecular weight is 438 g/mol. The van der Waals surface area contributed by atoms with Crippen LogP contribution in [-0.4, -0.2) is 66.3 Å². The van der Waals surface area contributed by atoms with Gasteiger partial charge in [0.15, 0.2) is 11.5 Å². The minimum atomic E-state index is -0.0678. The number of piperazine rings is 1. The molecule has 3 heterocycles. The minimum Gasteiger partial charge on any atom is -0.493 e. The Balaban J connectivity index is 1.41. The molecule has 1 aliphatic rings. The van der Waals surface area contributed by atoms with Gasteiger partial charge in [-0.2, -0.15) is 4.98 Å². The van der Waals surface area contributed by atoms with Crippen molar-refractivity contribution in [3.8, 4) is 22.9 Å². The molecule has 1 saturated heterocycles. The highest BCUT2D eigenvalue weighted by atomic mass is 16.5. The lowest BCUT2D eigenvalue weighted by molar-refractivity contribution is 0.0742. The number of benzene rings is 1. The zero-order chi connectivity index (χ0) is 22.7. The van der Waals surface area contributed by atoms with Crippen LogP contribution in [0.1, 0.15) is 36.0 Å². The molecule has 1 amide bonds. The van der Waals surface area contributed by atoms with E-state index >= 15 is 0 Å². The summed E-state index contributed by atoms with van der Waals surface area (Å²) in [5.41, 5.74) is 1.31. The lowest BCUT2D eigenvalue weighted by atomic mass is 10.1. The molecule has 9 heteroatoms. The quantitative estimate of drug-likeness (QED) is 0.580. The first-order valence-electron chi connectivity index (χ1n) is 10.6. The molecular formula is C23H27N5O4. The number of hydrogen-bond acceptors (Lipinski definition) is 8. The maximum atomic E-state index is 13.1. The molecule has 3 aromatic rings. The van der Waals surface area contributed by atoms with Crippen LogP contribution in [0.5, 0.6) is 11.5 Å². The molecule has 0 aliphatic carbocycles. The Bertz CT molecular complexity index is 1070. The van der Waals surface area contributed by atoms with E-state index in [-0.39, 0.29) is 11.8 Å². The van der Waals surface area contributed by atoms with E-state index in [1.807, 2.05) is 30.9 Å². The van der Waals surface area contributed by atoms with Crippen molar-refractivity contribution in [1.29, 1.82) is 0 Å². The van der Waals surface area contributed by atoms with Crippen LogP contribution >= 0.6 is 0 Å². The van der Waals surface area contributed by atoms with E-state index in [0.717, 1.165) is 11.4 Å². The van der Waals surface area contributed by atoms with Crippen LogP contribution in [0.4, 0.5) is 5.82 Å². The van der Waals surface area contributed by atoms with Gasteiger partial charge in [0.25, 0.3) is 5.91 Å². The summed E-state index contributed by atoms with van der Waals surface area (Å²) in [5, 5.41) is 4.03. The maximum absolute atomic E-state index is 13.1. The van der Waals surface area contributed by atoms with Crippen molar-refractivity contribution in [3.05, 3.63) is 48.0 Å². The summed E-state index contributed by atoms with van der Waals surface area (Å²) in [6.07, 6.45) is 1.75. The molecule has 9 nitrogen and oxygen atoms in total. The molecule has 2 aromatic heterocycles. The van der Waals surface area contributed by atoms with Crippen LogP contribution in [0.3, 0.4) is 0 Å². The lowest BCUT2D eigenvalue weighted by Gasteiger charge is -2.35. The molecule has 168 valence electrons. The first kappa shape index (κ1) is 21.6. The third-order valence-electron chi connectivity index (χ3n) is 5.47. The highest BCUT2D eigenvalue weighted by Gasteiger charge is 2.26. The zero-order valence-corrected chi connectivity index (χ0v) is 18.7. The molecule has 0 bridgehead atoms. The Kier molecular flexibility index (Phi) is 6.25. The second-order valence-corrected chi connectivity index (χ2v) is 7.84. The third-order valence-corrected chi connectivity index (χ3v) is 5.47. The van der Waals surface area contributed by atoms with Gasteiger partial charge < -0.3 is 23.8 Å². The monoisotopic (exact) mass is 437 g/mol. The van der Waals surface area contributed by atoms with Gasteiger partial charge in [0.1, 0.15) is 5.82 Å². The van der Waals surface area contributed by atoms with E-state index in [9.17, 15) is 4.79 Å². The molecule has 0 N–H and O–H groups in total. The SMILES string of the molecule is COc1cccc(C(=O)N2CCN(c3ccc(-c4noc(C(C)C)n4)cn3)CC2)c1OC. The van der Waals surface area contributed by atoms with Gasteiger partial charge in [0, 0.05) is 43.9 Å². The summed E-state index contributed by atoms with van der Waals surface area (Å²) in [6, 6.07) is 9.23. The summed E-state index contributed by atoms with van der Waals surface area (Å²) in [6.45, 7) is 6.56. The van der Waals surface area contributed by atoms with Gasteiger partial charge in [-0.1, -0.05) is 25.1 Å². The van der Waals surface area contributed by atoms with Crippen molar-refractivity contribution in [2.24, 2.45) is 0 Å². The van der Waals surface area contributed by atoms with Gasteiger partial charge in [-0.15, -0.1) is 0 Å². The smallest absolute Gasteiger partial charge is 0.257 e. The molecule has 4 rings (SSSR count). The Morgan fingerprint density at radius 1 is 1.06 bits per heavy atom. The topological polar surface area (TPSA) is 93.8 Å². The average Bonchev–Trinajstić information content (AvgIpc) is 3.34. The summed E-state index contributed by atoms with van der Waals surface area (Å²) in [4.78, 5) is 26.1. The number of ether oxygens (including phenoxy) is 2. The van der Waals surface area contributed by atoms with Crippen LogP contribution in [0.25, 0.3) is 11.4 Å². The van der Waals surface area contributed by atoms with Crippen LogP contribution < -0.4 is 14.4 Å². The summed E-state index contributed by atoms with van der Waals surface area (Å²) < 4.78 is 16.0. The summed E-state index contributed by atoms with van der Waals surface area (Å²) in [7, 11) is 3.10. The molecule has 0 radical (unpaired) electrons. The van der Waals surface area contributed by atoms with Gasteiger partial charge in [-0.25, -0.2) is 4.98 Å². The Labute approximate surface area is 187 Å². The van der Waals surface area contributed by atoms with Gasteiger partial charge in [-0.3, -0.25) is 4.79 Å². The first-order valence-corrected chi connectivity index (χ1v) is 10.6. The number of amides is 1. The fraction of sp³-hybridized carbons (Fsp3) is 0.391. The normalized spacial score (nSPS) is 14.0. The number of carbonyl (C=O) groups excluding carboxylic acids is 1. The number of hydrogen-bond donors (Lipinski definition) is 0. The molecule has 0 spiro atoms. The van der Waals surface area contributed by atoms with E-state index in [1.54, 1.807) is 38.6 Å².